The topological polar surface area (TPSA) is 86.8 Å². The van der Waals surface area contributed by atoms with Crippen LogP contribution in [-0.2, 0) is 26.2 Å². The van der Waals surface area contributed by atoms with Crippen molar-refractivity contribution < 1.29 is 18.0 Å². The number of halogens is 2. The highest BCUT2D eigenvalue weighted by Gasteiger charge is 2.34. The van der Waals surface area contributed by atoms with Crippen LogP contribution in [0.25, 0.3) is 0 Å². The van der Waals surface area contributed by atoms with Crippen molar-refractivity contribution in [3.63, 3.8) is 0 Å². The lowest BCUT2D eigenvalue weighted by atomic mass is 10.0. The van der Waals surface area contributed by atoms with Crippen LogP contribution in [-0.4, -0.2) is 43.3 Å². The van der Waals surface area contributed by atoms with E-state index in [0.717, 1.165) is 15.4 Å². The highest BCUT2D eigenvalue weighted by molar-refractivity contribution is 7.92. The van der Waals surface area contributed by atoms with Gasteiger partial charge in [-0.25, -0.2) is 8.42 Å². The molecule has 10 heteroatoms. The molecule has 0 heterocycles. The van der Waals surface area contributed by atoms with Gasteiger partial charge in [0.15, 0.2) is 0 Å². The summed E-state index contributed by atoms with van der Waals surface area (Å²) >= 11 is 12.2. The molecule has 0 unspecified atom stereocenters. The Morgan fingerprint density at radius 2 is 1.57 bits per heavy atom. The summed E-state index contributed by atoms with van der Waals surface area (Å²) in [7, 11) is -4.21. The van der Waals surface area contributed by atoms with Gasteiger partial charge in [0.05, 0.1) is 10.6 Å². The standard InChI is InChI=1S/C30H35Cl2N3O4S/c1-6-27(29(37)33-30(3,4)5)34(19-22-11-8-7-10-21(22)2)28(36)20-35(25-13-9-12-24(32)18-25)40(38,39)26-16-14-23(31)15-17-26/h7-18,27H,6,19-20H2,1-5H3,(H,33,37)/t27-/m0/s1. The zero-order chi connectivity index (χ0) is 29.7. The van der Waals surface area contributed by atoms with Crippen LogP contribution in [0.3, 0.4) is 0 Å². The first-order chi connectivity index (χ1) is 18.7. The van der Waals surface area contributed by atoms with Gasteiger partial charge in [0, 0.05) is 22.1 Å². The predicted octanol–water partition coefficient (Wildman–Crippen LogP) is 6.22. The molecule has 7 nitrogen and oxygen atoms in total. The fraction of sp³-hybridized carbons (Fsp3) is 0.333. The molecule has 3 aromatic carbocycles. The van der Waals surface area contributed by atoms with Gasteiger partial charge in [0.1, 0.15) is 12.6 Å². The van der Waals surface area contributed by atoms with Crippen LogP contribution < -0.4 is 9.62 Å². The van der Waals surface area contributed by atoms with E-state index < -0.39 is 34.1 Å². The number of hydrogen-bond donors (Lipinski definition) is 1. The SMILES string of the molecule is CC[C@@H](C(=O)NC(C)(C)C)N(Cc1ccccc1C)C(=O)CN(c1cccc(Cl)c1)S(=O)(=O)c1ccc(Cl)cc1. The van der Waals surface area contributed by atoms with Gasteiger partial charge in [-0.05, 0) is 87.7 Å². The Morgan fingerprint density at radius 3 is 2.15 bits per heavy atom. The number of carbonyl (C=O) groups is 2. The summed E-state index contributed by atoms with van der Waals surface area (Å²) in [6, 6.07) is 18.8. The maximum atomic E-state index is 14.1. The predicted molar refractivity (Wildman–Crippen MR) is 161 cm³/mol. The van der Waals surface area contributed by atoms with Crippen LogP contribution in [0.1, 0.15) is 45.2 Å². The largest absolute Gasteiger partial charge is 0.350 e. The number of hydrogen-bond acceptors (Lipinski definition) is 4. The van der Waals surface area contributed by atoms with E-state index in [-0.39, 0.29) is 23.0 Å². The average molecular weight is 605 g/mol. The summed E-state index contributed by atoms with van der Waals surface area (Å²) in [5.74, 6) is -0.844. The quantitative estimate of drug-likeness (QED) is 0.298. The first-order valence-electron chi connectivity index (χ1n) is 12.9. The average Bonchev–Trinajstić information content (AvgIpc) is 2.87. The Hall–Kier alpha value is -3.07. The number of aryl methyl sites for hydroxylation is 1. The number of nitrogens with zero attached hydrogens (tertiary/aromatic N) is 2. The summed E-state index contributed by atoms with van der Waals surface area (Å²) in [5, 5.41) is 3.66. The van der Waals surface area contributed by atoms with Gasteiger partial charge in [0.2, 0.25) is 11.8 Å². The van der Waals surface area contributed by atoms with Crippen LogP contribution in [0.2, 0.25) is 10.0 Å². The molecule has 0 saturated heterocycles. The number of anilines is 1. The number of benzene rings is 3. The fourth-order valence-corrected chi connectivity index (χ4v) is 5.95. The van der Waals surface area contributed by atoms with E-state index in [1.165, 1.54) is 35.2 Å². The van der Waals surface area contributed by atoms with Gasteiger partial charge >= 0.3 is 0 Å². The second kappa shape index (κ2) is 13.1. The number of amides is 2. The third-order valence-corrected chi connectivity index (χ3v) is 8.54. The second-order valence-electron chi connectivity index (χ2n) is 10.6. The monoisotopic (exact) mass is 603 g/mol. The molecular weight excluding hydrogens is 569 g/mol. The van der Waals surface area contributed by atoms with Gasteiger partial charge in [-0.3, -0.25) is 13.9 Å². The third-order valence-electron chi connectivity index (χ3n) is 6.26. The Morgan fingerprint density at radius 1 is 0.925 bits per heavy atom. The second-order valence-corrected chi connectivity index (χ2v) is 13.3. The molecule has 0 aliphatic carbocycles. The number of sulfonamides is 1. The first kappa shape index (κ1) is 31.5. The summed E-state index contributed by atoms with van der Waals surface area (Å²) in [6.07, 6.45) is 0.334. The van der Waals surface area contributed by atoms with Crippen molar-refractivity contribution in [2.45, 2.75) is 64.1 Å². The molecule has 1 atom stereocenters. The first-order valence-corrected chi connectivity index (χ1v) is 15.1. The number of carbonyl (C=O) groups excluding carboxylic acids is 2. The van der Waals surface area contributed by atoms with Gasteiger partial charge in [-0.15, -0.1) is 0 Å². The van der Waals surface area contributed by atoms with E-state index in [0.29, 0.717) is 16.5 Å². The normalized spacial score (nSPS) is 12.5. The van der Waals surface area contributed by atoms with E-state index in [1.54, 1.807) is 18.2 Å². The molecule has 0 aromatic heterocycles. The van der Waals surface area contributed by atoms with Crippen LogP contribution in [0.5, 0.6) is 0 Å². The zero-order valence-corrected chi connectivity index (χ0v) is 25.6. The van der Waals surface area contributed by atoms with Crippen molar-refractivity contribution in [2.75, 3.05) is 10.8 Å². The minimum absolute atomic E-state index is 0.0346. The Labute approximate surface area is 247 Å². The molecule has 1 N–H and O–H groups in total. The zero-order valence-electron chi connectivity index (χ0n) is 23.3. The molecule has 0 fully saturated rings. The minimum Gasteiger partial charge on any atom is -0.350 e. The molecule has 2 amide bonds. The number of nitrogens with one attached hydrogen (secondary N) is 1. The fourth-order valence-electron chi connectivity index (χ4n) is 4.24. The molecule has 0 bridgehead atoms. The van der Waals surface area contributed by atoms with E-state index in [9.17, 15) is 18.0 Å². The van der Waals surface area contributed by atoms with Gasteiger partial charge in [-0.1, -0.05) is 60.5 Å². The highest BCUT2D eigenvalue weighted by atomic mass is 35.5. The molecule has 0 aliphatic rings. The van der Waals surface area contributed by atoms with E-state index in [2.05, 4.69) is 5.32 Å². The molecule has 0 spiro atoms. The van der Waals surface area contributed by atoms with Crippen molar-refractivity contribution in [1.82, 2.24) is 10.2 Å². The molecule has 0 aliphatic heterocycles. The van der Waals surface area contributed by atoms with Crippen LogP contribution in [0.4, 0.5) is 5.69 Å². The maximum Gasteiger partial charge on any atom is 0.264 e. The molecule has 214 valence electrons. The smallest absolute Gasteiger partial charge is 0.264 e. The third kappa shape index (κ3) is 7.99. The van der Waals surface area contributed by atoms with Crippen molar-refractivity contribution in [3.8, 4) is 0 Å². The van der Waals surface area contributed by atoms with E-state index in [1.807, 2.05) is 58.9 Å². The van der Waals surface area contributed by atoms with Crippen molar-refractivity contribution >= 4 is 50.7 Å². The molecule has 3 rings (SSSR count). The Bertz CT molecular complexity index is 1450. The number of rotatable bonds is 10. The van der Waals surface area contributed by atoms with Gasteiger partial charge in [0.25, 0.3) is 10.0 Å². The van der Waals surface area contributed by atoms with Crippen molar-refractivity contribution in [1.29, 1.82) is 0 Å². The lowest BCUT2D eigenvalue weighted by Crippen LogP contribution is -2.55. The molecule has 40 heavy (non-hydrogen) atoms. The van der Waals surface area contributed by atoms with E-state index in [4.69, 9.17) is 23.2 Å². The summed E-state index contributed by atoms with van der Waals surface area (Å²) in [5.41, 5.74) is 1.51. The van der Waals surface area contributed by atoms with Crippen LogP contribution >= 0.6 is 23.2 Å². The lowest BCUT2D eigenvalue weighted by Gasteiger charge is -2.35. The molecule has 3 aromatic rings. The summed E-state index contributed by atoms with van der Waals surface area (Å²) < 4.78 is 28.8. The van der Waals surface area contributed by atoms with Gasteiger partial charge < -0.3 is 10.2 Å². The minimum atomic E-state index is -4.21. The van der Waals surface area contributed by atoms with Gasteiger partial charge in [-0.2, -0.15) is 0 Å². The van der Waals surface area contributed by atoms with Crippen molar-refractivity contribution in [2.24, 2.45) is 0 Å². The highest BCUT2D eigenvalue weighted by Crippen LogP contribution is 2.28. The lowest BCUT2D eigenvalue weighted by molar-refractivity contribution is -0.141. The van der Waals surface area contributed by atoms with Crippen molar-refractivity contribution in [3.05, 3.63) is 94.0 Å². The Kier molecular flexibility index (Phi) is 10.3. The molecular formula is C30H35Cl2N3O4S. The van der Waals surface area contributed by atoms with Crippen LogP contribution in [0.15, 0.2) is 77.7 Å². The van der Waals surface area contributed by atoms with Crippen LogP contribution in [0, 0.1) is 6.92 Å². The molecule has 0 radical (unpaired) electrons. The summed E-state index contributed by atoms with van der Waals surface area (Å²) in [6.45, 7) is 8.93. The molecule has 0 saturated carbocycles. The van der Waals surface area contributed by atoms with E-state index >= 15 is 0 Å². The summed E-state index contributed by atoms with van der Waals surface area (Å²) in [4.78, 5) is 28.9. The maximum absolute atomic E-state index is 14.1. The Balaban J connectivity index is 2.09.